The summed E-state index contributed by atoms with van der Waals surface area (Å²) in [6, 6.07) is 10.9. The number of hydrogen-bond donors (Lipinski definition) is 1. The van der Waals surface area contributed by atoms with Crippen LogP contribution in [0.1, 0.15) is 63.8 Å². The monoisotopic (exact) mass is 342 g/mol. The van der Waals surface area contributed by atoms with E-state index in [-0.39, 0.29) is 10.8 Å². The smallest absolute Gasteiger partial charge is 0.133 e. The Kier molecular flexibility index (Phi) is 5.11. The van der Waals surface area contributed by atoms with Crippen molar-refractivity contribution in [2.45, 2.75) is 76.0 Å². The predicted octanol–water partition coefficient (Wildman–Crippen LogP) is 6.76. The van der Waals surface area contributed by atoms with Gasteiger partial charge in [0.2, 0.25) is 0 Å². The molecule has 0 unspecified atom stereocenters. The Morgan fingerprint density at radius 3 is 1.88 bits per heavy atom. The van der Waals surface area contributed by atoms with Gasteiger partial charge in [0.15, 0.2) is 0 Å². The van der Waals surface area contributed by atoms with Crippen LogP contribution in [0, 0.1) is 13.8 Å². The highest BCUT2D eigenvalue weighted by molar-refractivity contribution is 7.99. The van der Waals surface area contributed by atoms with Crippen LogP contribution in [0.4, 0.5) is 0 Å². The van der Waals surface area contributed by atoms with Gasteiger partial charge in [-0.15, -0.1) is 0 Å². The van der Waals surface area contributed by atoms with E-state index in [4.69, 9.17) is 0 Å². The largest absolute Gasteiger partial charge is 0.506 e. The first-order valence-corrected chi connectivity index (χ1v) is 9.34. The van der Waals surface area contributed by atoms with Crippen LogP contribution in [-0.4, -0.2) is 5.11 Å². The molecule has 0 aliphatic carbocycles. The number of phenolic OH excluding ortho intramolecular Hbond substituents is 1. The molecule has 0 saturated heterocycles. The van der Waals surface area contributed by atoms with Crippen LogP contribution in [0.3, 0.4) is 0 Å². The van der Waals surface area contributed by atoms with Gasteiger partial charge in [0.25, 0.3) is 0 Å². The number of hydrogen-bond acceptors (Lipinski definition) is 2. The Hall–Kier alpha value is -1.41. The van der Waals surface area contributed by atoms with E-state index in [1.165, 1.54) is 21.6 Å². The van der Waals surface area contributed by atoms with Crippen LogP contribution in [-0.2, 0) is 10.8 Å². The van der Waals surface area contributed by atoms with E-state index in [1.54, 1.807) is 11.8 Å². The first-order valence-electron chi connectivity index (χ1n) is 8.52. The highest BCUT2D eigenvalue weighted by Crippen LogP contribution is 2.42. The van der Waals surface area contributed by atoms with Gasteiger partial charge in [-0.1, -0.05) is 65.4 Å². The fraction of sp³-hybridized carbons (Fsp3) is 0.455. The van der Waals surface area contributed by atoms with E-state index < -0.39 is 0 Å². The normalized spacial score (nSPS) is 12.5. The molecule has 0 atom stereocenters. The summed E-state index contributed by atoms with van der Waals surface area (Å²) in [5.41, 5.74) is 4.82. The number of phenols is 1. The van der Waals surface area contributed by atoms with Crippen molar-refractivity contribution in [1.29, 1.82) is 0 Å². The van der Waals surface area contributed by atoms with Crippen LogP contribution in [0.5, 0.6) is 5.75 Å². The molecule has 0 radical (unpaired) electrons. The highest BCUT2D eigenvalue weighted by Gasteiger charge is 2.22. The number of benzene rings is 2. The molecular weight excluding hydrogens is 312 g/mol. The lowest BCUT2D eigenvalue weighted by Crippen LogP contribution is -2.12. The van der Waals surface area contributed by atoms with Crippen molar-refractivity contribution in [3.8, 4) is 5.75 Å². The minimum Gasteiger partial charge on any atom is -0.506 e. The van der Waals surface area contributed by atoms with E-state index in [1.807, 2.05) is 0 Å². The molecule has 0 amide bonds. The Morgan fingerprint density at radius 2 is 1.33 bits per heavy atom. The average Bonchev–Trinajstić information content (AvgIpc) is 2.39. The maximum atomic E-state index is 10.8. The van der Waals surface area contributed by atoms with Crippen LogP contribution in [0.25, 0.3) is 0 Å². The van der Waals surface area contributed by atoms with Crippen molar-refractivity contribution in [1.82, 2.24) is 0 Å². The fourth-order valence-electron chi connectivity index (χ4n) is 2.76. The Morgan fingerprint density at radius 1 is 0.750 bits per heavy atom. The van der Waals surface area contributed by atoms with Gasteiger partial charge in [0.1, 0.15) is 5.75 Å². The third kappa shape index (κ3) is 4.36. The van der Waals surface area contributed by atoms with Gasteiger partial charge in [-0.3, -0.25) is 0 Å². The molecule has 2 aromatic carbocycles. The molecule has 130 valence electrons. The second-order valence-electron chi connectivity index (χ2n) is 8.80. The van der Waals surface area contributed by atoms with Gasteiger partial charge in [-0.2, -0.15) is 0 Å². The zero-order valence-corrected chi connectivity index (χ0v) is 17.1. The highest BCUT2D eigenvalue weighted by atomic mass is 32.2. The van der Waals surface area contributed by atoms with E-state index >= 15 is 0 Å². The van der Waals surface area contributed by atoms with E-state index in [2.05, 4.69) is 85.7 Å². The van der Waals surface area contributed by atoms with Gasteiger partial charge in [0, 0.05) is 10.5 Å². The number of rotatable bonds is 2. The minimum atomic E-state index is -0.0748. The zero-order chi connectivity index (χ0) is 18.3. The van der Waals surface area contributed by atoms with Crippen LogP contribution in [0.15, 0.2) is 40.1 Å². The number of aryl methyl sites for hydroxylation is 2. The van der Waals surface area contributed by atoms with Crippen molar-refractivity contribution < 1.29 is 5.11 Å². The summed E-state index contributed by atoms with van der Waals surface area (Å²) >= 11 is 1.65. The Labute approximate surface area is 151 Å². The molecule has 0 fully saturated rings. The molecule has 1 nitrogen and oxygen atoms in total. The maximum Gasteiger partial charge on any atom is 0.133 e. The Balaban J connectivity index is 2.49. The van der Waals surface area contributed by atoms with Gasteiger partial charge >= 0.3 is 0 Å². The summed E-state index contributed by atoms with van der Waals surface area (Å²) < 4.78 is 0. The summed E-state index contributed by atoms with van der Waals surface area (Å²) in [5, 5.41) is 10.8. The summed E-state index contributed by atoms with van der Waals surface area (Å²) in [7, 11) is 0. The first kappa shape index (κ1) is 18.9. The summed E-state index contributed by atoms with van der Waals surface area (Å²) in [5.74, 6) is 0.414. The minimum absolute atomic E-state index is 0.0748. The summed E-state index contributed by atoms with van der Waals surface area (Å²) in [6.45, 7) is 17.3. The van der Waals surface area contributed by atoms with Gasteiger partial charge in [-0.05, 0) is 59.6 Å². The van der Waals surface area contributed by atoms with E-state index in [0.717, 1.165) is 10.5 Å². The molecule has 2 rings (SSSR count). The van der Waals surface area contributed by atoms with Crippen LogP contribution in [0.2, 0.25) is 0 Å². The lowest BCUT2D eigenvalue weighted by molar-refractivity contribution is 0.434. The predicted molar refractivity (Wildman–Crippen MR) is 106 cm³/mol. The third-order valence-electron chi connectivity index (χ3n) is 4.17. The van der Waals surface area contributed by atoms with E-state index in [9.17, 15) is 5.11 Å². The standard InChI is InChI=1S/C22H30OS/c1-14-9-16(21(3,4)5)13-17(10-14)24-19-12-15(2)11-18(20(19)23)22(6,7)8/h9-13,23H,1-8H3. The molecule has 0 aliphatic rings. The maximum absolute atomic E-state index is 10.8. The van der Waals surface area contributed by atoms with Crippen molar-refractivity contribution in [2.24, 2.45) is 0 Å². The average molecular weight is 343 g/mol. The third-order valence-corrected chi connectivity index (χ3v) is 5.17. The van der Waals surface area contributed by atoms with E-state index in [0.29, 0.717) is 5.75 Å². The van der Waals surface area contributed by atoms with Gasteiger partial charge in [-0.25, -0.2) is 0 Å². The molecule has 2 aromatic rings. The molecule has 2 heteroatoms. The van der Waals surface area contributed by atoms with Crippen molar-refractivity contribution in [3.63, 3.8) is 0 Å². The lowest BCUT2D eigenvalue weighted by Gasteiger charge is -2.23. The fourth-order valence-corrected chi connectivity index (χ4v) is 3.90. The van der Waals surface area contributed by atoms with Gasteiger partial charge < -0.3 is 5.11 Å². The van der Waals surface area contributed by atoms with Gasteiger partial charge in [0.05, 0.1) is 4.90 Å². The molecule has 0 saturated carbocycles. The summed E-state index contributed by atoms with van der Waals surface area (Å²) in [4.78, 5) is 2.12. The topological polar surface area (TPSA) is 20.2 Å². The van der Waals surface area contributed by atoms with Crippen molar-refractivity contribution in [2.75, 3.05) is 0 Å². The zero-order valence-electron chi connectivity index (χ0n) is 16.2. The molecule has 0 aromatic heterocycles. The molecule has 0 spiro atoms. The first-order chi connectivity index (χ1) is 10.9. The molecular formula is C22H30OS. The van der Waals surface area contributed by atoms with Crippen molar-refractivity contribution >= 4 is 11.8 Å². The summed E-state index contributed by atoms with van der Waals surface area (Å²) in [6.07, 6.45) is 0. The van der Waals surface area contributed by atoms with Crippen LogP contribution >= 0.6 is 11.8 Å². The molecule has 24 heavy (non-hydrogen) atoms. The molecule has 0 bridgehead atoms. The second kappa shape index (κ2) is 6.48. The van der Waals surface area contributed by atoms with Crippen molar-refractivity contribution in [3.05, 3.63) is 52.6 Å². The van der Waals surface area contributed by atoms with Crippen LogP contribution < -0.4 is 0 Å². The quantitative estimate of drug-likeness (QED) is 0.651. The number of aromatic hydroxyl groups is 1. The second-order valence-corrected chi connectivity index (χ2v) is 9.91. The molecule has 0 heterocycles. The molecule has 1 N–H and O–H groups in total. The Bertz CT molecular complexity index is 746. The SMILES string of the molecule is Cc1cc(Sc2cc(C)cc(C(C)(C)C)c2O)cc(C(C)(C)C)c1. The lowest BCUT2D eigenvalue weighted by atomic mass is 9.85. The molecule has 0 aliphatic heterocycles.